The molecular formula is C27H31F2N5O2. The molecule has 0 spiro atoms. The van der Waals surface area contributed by atoms with Crippen LogP contribution in [0.25, 0.3) is 0 Å². The minimum atomic E-state index is -0.446. The van der Waals surface area contributed by atoms with Gasteiger partial charge in [0.15, 0.2) is 0 Å². The third-order valence-corrected chi connectivity index (χ3v) is 5.84. The molecule has 9 heteroatoms. The zero-order valence-electron chi connectivity index (χ0n) is 20.8. The number of hydrogen-bond donors (Lipinski definition) is 2. The number of halogens is 2. The van der Waals surface area contributed by atoms with Gasteiger partial charge < -0.3 is 20.4 Å². The first-order valence-corrected chi connectivity index (χ1v) is 11.5. The van der Waals surface area contributed by atoms with Gasteiger partial charge in [-0.1, -0.05) is 30.3 Å². The third-order valence-electron chi connectivity index (χ3n) is 5.84. The highest BCUT2D eigenvalue weighted by molar-refractivity contribution is 5.96. The Bertz CT molecular complexity index is 1110. The Morgan fingerprint density at radius 3 is 1.47 bits per heavy atom. The second-order valence-electron chi connectivity index (χ2n) is 8.90. The van der Waals surface area contributed by atoms with Crippen LogP contribution < -0.4 is 10.6 Å². The molecule has 0 aliphatic heterocycles. The molecule has 0 aliphatic rings. The SMILES string of the molecule is CN(C)C(CNC(=O)c1cccc(C(=O)NCC(c2cccc(F)c2)N(C)C)n1)c1cccc(F)c1. The molecule has 3 aromatic rings. The second kappa shape index (κ2) is 12.3. The topological polar surface area (TPSA) is 77.6 Å². The summed E-state index contributed by atoms with van der Waals surface area (Å²) in [5.74, 6) is -1.59. The van der Waals surface area contributed by atoms with Crippen LogP contribution in [0.4, 0.5) is 8.78 Å². The lowest BCUT2D eigenvalue weighted by atomic mass is 10.1. The summed E-state index contributed by atoms with van der Waals surface area (Å²) in [5.41, 5.74) is 1.65. The van der Waals surface area contributed by atoms with E-state index >= 15 is 0 Å². The predicted octanol–water partition coefficient (Wildman–Crippen LogP) is 3.43. The van der Waals surface area contributed by atoms with Gasteiger partial charge in [0.25, 0.3) is 11.8 Å². The number of carbonyl (C=O) groups excluding carboxylic acids is 2. The van der Waals surface area contributed by atoms with Crippen molar-refractivity contribution in [3.63, 3.8) is 0 Å². The predicted molar refractivity (Wildman–Crippen MR) is 135 cm³/mol. The highest BCUT2D eigenvalue weighted by Crippen LogP contribution is 2.19. The zero-order valence-corrected chi connectivity index (χ0v) is 20.8. The summed E-state index contributed by atoms with van der Waals surface area (Å²) in [5, 5.41) is 5.63. The molecule has 0 bridgehead atoms. The molecule has 1 heterocycles. The second-order valence-corrected chi connectivity index (χ2v) is 8.90. The van der Waals surface area contributed by atoms with E-state index in [1.54, 1.807) is 30.3 Å². The Labute approximate surface area is 210 Å². The van der Waals surface area contributed by atoms with Crippen molar-refractivity contribution in [2.24, 2.45) is 0 Å². The summed E-state index contributed by atoms with van der Waals surface area (Å²) < 4.78 is 27.3. The van der Waals surface area contributed by atoms with E-state index in [1.165, 1.54) is 36.4 Å². The van der Waals surface area contributed by atoms with Crippen molar-refractivity contribution >= 4 is 11.8 Å². The van der Waals surface area contributed by atoms with Gasteiger partial charge >= 0.3 is 0 Å². The molecule has 2 unspecified atom stereocenters. The van der Waals surface area contributed by atoms with Crippen LogP contribution >= 0.6 is 0 Å². The highest BCUT2D eigenvalue weighted by atomic mass is 19.1. The van der Waals surface area contributed by atoms with Crippen LogP contribution in [0, 0.1) is 11.6 Å². The minimum Gasteiger partial charge on any atom is -0.349 e. The van der Waals surface area contributed by atoms with Gasteiger partial charge in [0.05, 0.1) is 12.1 Å². The highest BCUT2D eigenvalue weighted by Gasteiger charge is 2.20. The van der Waals surface area contributed by atoms with Crippen LogP contribution in [0.2, 0.25) is 0 Å². The quantitative estimate of drug-likeness (QED) is 0.451. The molecule has 190 valence electrons. The summed E-state index contributed by atoms with van der Waals surface area (Å²) in [6.45, 7) is 0.455. The van der Waals surface area contributed by atoms with Crippen LogP contribution in [-0.4, -0.2) is 67.9 Å². The number of hydrogen-bond acceptors (Lipinski definition) is 5. The first kappa shape index (κ1) is 26.9. The van der Waals surface area contributed by atoms with E-state index in [9.17, 15) is 18.4 Å². The van der Waals surface area contributed by atoms with Gasteiger partial charge in [-0.25, -0.2) is 13.8 Å². The summed E-state index contributed by atoms with van der Waals surface area (Å²) in [7, 11) is 7.37. The molecule has 0 saturated heterocycles. The molecule has 0 fully saturated rings. The normalized spacial score (nSPS) is 12.9. The number of pyridine rings is 1. The number of rotatable bonds is 10. The lowest BCUT2D eigenvalue weighted by Crippen LogP contribution is -2.36. The van der Waals surface area contributed by atoms with E-state index in [0.717, 1.165) is 11.1 Å². The molecule has 2 N–H and O–H groups in total. The van der Waals surface area contributed by atoms with Crippen molar-refractivity contribution in [3.8, 4) is 0 Å². The van der Waals surface area contributed by atoms with E-state index < -0.39 is 11.8 Å². The number of carbonyl (C=O) groups is 2. The van der Waals surface area contributed by atoms with Crippen LogP contribution in [-0.2, 0) is 0 Å². The fraction of sp³-hybridized carbons (Fsp3) is 0.296. The fourth-order valence-corrected chi connectivity index (χ4v) is 3.87. The third kappa shape index (κ3) is 7.16. The first-order valence-electron chi connectivity index (χ1n) is 11.5. The summed E-state index contributed by atoms with van der Waals surface area (Å²) in [4.78, 5) is 33.5. The molecular weight excluding hydrogens is 464 g/mol. The lowest BCUT2D eigenvalue weighted by molar-refractivity contribution is 0.0932. The average Bonchev–Trinajstić information content (AvgIpc) is 2.84. The van der Waals surface area contributed by atoms with E-state index in [0.29, 0.717) is 0 Å². The van der Waals surface area contributed by atoms with Gasteiger partial charge in [0.1, 0.15) is 23.0 Å². The number of nitrogens with zero attached hydrogens (tertiary/aromatic N) is 3. The van der Waals surface area contributed by atoms with Crippen molar-refractivity contribution in [1.29, 1.82) is 0 Å². The Morgan fingerprint density at radius 1 is 0.722 bits per heavy atom. The zero-order chi connectivity index (χ0) is 26.2. The van der Waals surface area contributed by atoms with Gasteiger partial charge in [-0.2, -0.15) is 0 Å². The molecule has 7 nitrogen and oxygen atoms in total. The van der Waals surface area contributed by atoms with Gasteiger partial charge in [-0.3, -0.25) is 9.59 Å². The molecule has 3 rings (SSSR count). The van der Waals surface area contributed by atoms with Crippen molar-refractivity contribution in [1.82, 2.24) is 25.4 Å². The smallest absolute Gasteiger partial charge is 0.269 e. The van der Waals surface area contributed by atoms with E-state index in [1.807, 2.05) is 38.0 Å². The molecule has 36 heavy (non-hydrogen) atoms. The number of aromatic nitrogens is 1. The Morgan fingerprint density at radius 2 is 1.11 bits per heavy atom. The fourth-order valence-electron chi connectivity index (χ4n) is 3.87. The van der Waals surface area contributed by atoms with Gasteiger partial charge in [0.2, 0.25) is 0 Å². The monoisotopic (exact) mass is 495 g/mol. The lowest BCUT2D eigenvalue weighted by Gasteiger charge is -2.25. The maximum absolute atomic E-state index is 13.7. The molecule has 2 amide bonds. The van der Waals surface area contributed by atoms with Gasteiger partial charge in [0, 0.05) is 13.1 Å². The van der Waals surface area contributed by atoms with Crippen molar-refractivity contribution < 1.29 is 18.4 Å². The molecule has 0 aliphatic carbocycles. The maximum atomic E-state index is 13.7. The van der Waals surface area contributed by atoms with E-state index in [4.69, 9.17) is 0 Å². The molecule has 2 aromatic carbocycles. The summed E-state index contributed by atoms with van der Waals surface area (Å²) in [6, 6.07) is 16.6. The summed E-state index contributed by atoms with van der Waals surface area (Å²) >= 11 is 0. The van der Waals surface area contributed by atoms with Crippen molar-refractivity contribution in [2.45, 2.75) is 12.1 Å². The van der Waals surface area contributed by atoms with Gasteiger partial charge in [-0.15, -0.1) is 0 Å². The van der Waals surface area contributed by atoms with Crippen LogP contribution in [0.1, 0.15) is 44.2 Å². The van der Waals surface area contributed by atoms with Crippen LogP contribution in [0.5, 0.6) is 0 Å². The first-order chi connectivity index (χ1) is 17.2. The molecule has 2 atom stereocenters. The van der Waals surface area contributed by atoms with E-state index in [2.05, 4.69) is 15.6 Å². The molecule has 0 saturated carbocycles. The number of likely N-dealkylation sites (N-methyl/N-ethyl adjacent to an activating group) is 2. The van der Waals surface area contributed by atoms with E-state index in [-0.39, 0.29) is 48.2 Å². The van der Waals surface area contributed by atoms with Crippen molar-refractivity contribution in [2.75, 3.05) is 41.3 Å². The van der Waals surface area contributed by atoms with Crippen molar-refractivity contribution in [3.05, 3.63) is 101 Å². The van der Waals surface area contributed by atoms with Crippen LogP contribution in [0.15, 0.2) is 66.7 Å². The standard InChI is InChI=1S/C27H31F2N5O2/c1-33(2)24(18-8-5-10-20(28)14-18)16-30-26(35)22-12-7-13-23(32-22)27(36)31-17-25(34(3)4)19-9-6-11-21(29)15-19/h5-15,24-25H,16-17H2,1-4H3,(H,30,35)(H,31,36). The Kier molecular flexibility index (Phi) is 9.21. The summed E-state index contributed by atoms with van der Waals surface area (Å²) in [6.07, 6.45) is 0. The maximum Gasteiger partial charge on any atom is 0.269 e. The largest absolute Gasteiger partial charge is 0.349 e. The minimum absolute atomic E-state index is 0.0914. The number of benzene rings is 2. The Balaban J connectivity index is 1.65. The number of nitrogens with one attached hydrogen (secondary N) is 2. The molecule has 1 aromatic heterocycles. The van der Waals surface area contributed by atoms with Gasteiger partial charge in [-0.05, 0) is 75.7 Å². The molecule has 0 radical (unpaired) electrons. The number of amides is 2. The average molecular weight is 496 g/mol. The van der Waals surface area contributed by atoms with Crippen LogP contribution in [0.3, 0.4) is 0 Å². The Hall–Kier alpha value is -3.69.